The molecule has 1 saturated heterocycles. The van der Waals surface area contributed by atoms with Crippen LogP contribution in [-0.2, 0) is 0 Å². The number of nitro groups is 1. The number of aromatic nitrogens is 4. The Kier molecular flexibility index (Phi) is 2.82. The first-order valence-corrected chi connectivity index (χ1v) is 6.04. The molecule has 98 valence electrons. The molecule has 0 spiro atoms. The molecule has 0 amide bonds. The third kappa shape index (κ3) is 2.12. The van der Waals surface area contributed by atoms with Gasteiger partial charge in [-0.25, -0.2) is 0 Å². The molecule has 0 aliphatic carbocycles. The van der Waals surface area contributed by atoms with Crippen LogP contribution in [0.25, 0.3) is 5.69 Å². The normalized spacial score (nSPS) is 14.8. The standard InChI is InChI=1S/C11H12N6O2/c18-17(19)10-5-3-9(4-6-10)16-11(12-13-14-16)15-7-1-2-8-15/h3-6H,1-2,7-8H2. The fraction of sp³-hybridized carbons (Fsp3) is 0.364. The largest absolute Gasteiger partial charge is 0.339 e. The molecule has 2 heterocycles. The van der Waals surface area contributed by atoms with E-state index in [-0.39, 0.29) is 5.69 Å². The maximum Gasteiger partial charge on any atom is 0.269 e. The second kappa shape index (κ2) is 4.63. The Morgan fingerprint density at radius 1 is 1.16 bits per heavy atom. The number of anilines is 1. The van der Waals surface area contributed by atoms with E-state index in [0.717, 1.165) is 31.6 Å². The minimum absolute atomic E-state index is 0.0551. The molecule has 0 radical (unpaired) electrons. The van der Waals surface area contributed by atoms with Crippen molar-refractivity contribution in [2.75, 3.05) is 18.0 Å². The zero-order valence-electron chi connectivity index (χ0n) is 10.1. The number of nitrogens with zero attached hydrogens (tertiary/aromatic N) is 6. The fourth-order valence-electron chi connectivity index (χ4n) is 2.18. The molecule has 8 heteroatoms. The lowest BCUT2D eigenvalue weighted by Gasteiger charge is -2.15. The van der Waals surface area contributed by atoms with Crippen LogP contribution in [0.5, 0.6) is 0 Å². The van der Waals surface area contributed by atoms with Crippen molar-refractivity contribution >= 4 is 11.6 Å². The monoisotopic (exact) mass is 260 g/mol. The summed E-state index contributed by atoms with van der Waals surface area (Å²) in [6.45, 7) is 1.88. The van der Waals surface area contributed by atoms with Crippen LogP contribution in [0.1, 0.15) is 12.8 Å². The molecule has 1 fully saturated rings. The van der Waals surface area contributed by atoms with Gasteiger partial charge in [-0.3, -0.25) is 10.1 Å². The third-order valence-corrected chi connectivity index (χ3v) is 3.15. The number of tetrazole rings is 1. The summed E-state index contributed by atoms with van der Waals surface area (Å²) in [7, 11) is 0. The van der Waals surface area contributed by atoms with Gasteiger partial charge in [0, 0.05) is 25.2 Å². The summed E-state index contributed by atoms with van der Waals surface area (Å²) in [6, 6.07) is 6.19. The molecule has 3 rings (SSSR count). The fourth-order valence-corrected chi connectivity index (χ4v) is 2.18. The van der Waals surface area contributed by atoms with E-state index < -0.39 is 4.92 Å². The minimum atomic E-state index is -0.426. The van der Waals surface area contributed by atoms with Crippen molar-refractivity contribution in [1.82, 2.24) is 20.2 Å². The van der Waals surface area contributed by atoms with Crippen LogP contribution in [0.3, 0.4) is 0 Å². The zero-order valence-corrected chi connectivity index (χ0v) is 10.1. The Hall–Kier alpha value is -2.51. The lowest BCUT2D eigenvalue weighted by Crippen LogP contribution is -2.22. The van der Waals surface area contributed by atoms with Crippen molar-refractivity contribution < 1.29 is 4.92 Å². The summed E-state index contributed by atoms with van der Waals surface area (Å²) in [4.78, 5) is 12.3. The topological polar surface area (TPSA) is 90.0 Å². The first-order valence-electron chi connectivity index (χ1n) is 6.04. The highest BCUT2D eigenvalue weighted by molar-refractivity contribution is 5.45. The summed E-state index contributed by atoms with van der Waals surface area (Å²) in [5.41, 5.74) is 0.775. The Morgan fingerprint density at radius 2 is 1.84 bits per heavy atom. The van der Waals surface area contributed by atoms with Crippen molar-refractivity contribution in [3.8, 4) is 5.69 Å². The van der Waals surface area contributed by atoms with Crippen molar-refractivity contribution in [3.05, 3.63) is 34.4 Å². The van der Waals surface area contributed by atoms with E-state index in [2.05, 4.69) is 20.4 Å². The molecule has 0 N–H and O–H groups in total. The maximum absolute atomic E-state index is 10.6. The van der Waals surface area contributed by atoms with Gasteiger partial charge in [-0.15, -0.1) is 0 Å². The van der Waals surface area contributed by atoms with E-state index in [4.69, 9.17) is 0 Å². The number of non-ortho nitro benzene ring substituents is 1. The summed E-state index contributed by atoms with van der Waals surface area (Å²) in [5.74, 6) is 0.686. The molecule has 1 aliphatic heterocycles. The van der Waals surface area contributed by atoms with Crippen LogP contribution in [0.2, 0.25) is 0 Å². The van der Waals surface area contributed by atoms with Crippen LogP contribution in [0, 0.1) is 10.1 Å². The quantitative estimate of drug-likeness (QED) is 0.607. The van der Waals surface area contributed by atoms with E-state index >= 15 is 0 Å². The smallest absolute Gasteiger partial charge is 0.269 e. The predicted molar refractivity (Wildman–Crippen MR) is 67.3 cm³/mol. The van der Waals surface area contributed by atoms with Gasteiger partial charge in [-0.05, 0) is 35.4 Å². The summed E-state index contributed by atoms with van der Waals surface area (Å²) < 4.78 is 1.61. The minimum Gasteiger partial charge on any atom is -0.339 e. The Labute approximate surface area is 108 Å². The molecule has 19 heavy (non-hydrogen) atoms. The number of benzene rings is 1. The van der Waals surface area contributed by atoms with Gasteiger partial charge in [0.05, 0.1) is 10.6 Å². The van der Waals surface area contributed by atoms with Gasteiger partial charge in [-0.1, -0.05) is 5.10 Å². The van der Waals surface area contributed by atoms with Crippen LogP contribution in [0.4, 0.5) is 11.6 Å². The highest BCUT2D eigenvalue weighted by Crippen LogP contribution is 2.21. The molecule has 1 aromatic carbocycles. The van der Waals surface area contributed by atoms with E-state index in [9.17, 15) is 10.1 Å². The average Bonchev–Trinajstić information content (AvgIpc) is 3.09. The third-order valence-electron chi connectivity index (χ3n) is 3.15. The van der Waals surface area contributed by atoms with Crippen molar-refractivity contribution in [2.24, 2.45) is 0 Å². The van der Waals surface area contributed by atoms with Crippen LogP contribution in [-0.4, -0.2) is 38.2 Å². The highest BCUT2D eigenvalue weighted by Gasteiger charge is 2.19. The van der Waals surface area contributed by atoms with Gasteiger partial charge in [0.1, 0.15) is 0 Å². The van der Waals surface area contributed by atoms with Gasteiger partial charge in [0.15, 0.2) is 0 Å². The van der Waals surface area contributed by atoms with Crippen LogP contribution >= 0.6 is 0 Å². The SMILES string of the molecule is O=[N+]([O-])c1ccc(-n2nnnc2N2CCCC2)cc1. The van der Waals surface area contributed by atoms with Gasteiger partial charge in [-0.2, -0.15) is 4.68 Å². The van der Waals surface area contributed by atoms with Gasteiger partial charge < -0.3 is 4.90 Å². The Balaban J connectivity index is 1.93. The Bertz CT molecular complexity index is 587. The molecule has 8 nitrogen and oxygen atoms in total. The van der Waals surface area contributed by atoms with Crippen LogP contribution < -0.4 is 4.90 Å². The summed E-state index contributed by atoms with van der Waals surface area (Å²) in [5, 5.41) is 22.3. The van der Waals surface area contributed by atoms with Crippen molar-refractivity contribution in [2.45, 2.75) is 12.8 Å². The van der Waals surface area contributed by atoms with E-state index in [1.165, 1.54) is 12.1 Å². The lowest BCUT2D eigenvalue weighted by molar-refractivity contribution is -0.384. The molecule has 0 saturated carbocycles. The zero-order chi connectivity index (χ0) is 13.2. The van der Waals surface area contributed by atoms with Crippen molar-refractivity contribution in [3.63, 3.8) is 0 Å². The van der Waals surface area contributed by atoms with E-state index in [1.807, 2.05) is 0 Å². The number of hydrogen-bond acceptors (Lipinski definition) is 6. The molecule has 2 aromatic rings. The molecule has 1 aliphatic rings. The number of rotatable bonds is 3. The lowest BCUT2D eigenvalue weighted by atomic mass is 10.3. The molecule has 0 unspecified atom stereocenters. The predicted octanol–water partition coefficient (Wildman–Crippen LogP) is 1.17. The van der Waals surface area contributed by atoms with Crippen molar-refractivity contribution in [1.29, 1.82) is 0 Å². The first kappa shape index (κ1) is 11.6. The van der Waals surface area contributed by atoms with E-state index in [0.29, 0.717) is 5.95 Å². The number of nitro benzene ring substituents is 1. The average molecular weight is 260 g/mol. The van der Waals surface area contributed by atoms with E-state index in [1.54, 1.807) is 16.8 Å². The second-order valence-electron chi connectivity index (χ2n) is 4.36. The molecular formula is C11H12N6O2. The number of hydrogen-bond donors (Lipinski definition) is 0. The van der Waals surface area contributed by atoms with Crippen LogP contribution in [0.15, 0.2) is 24.3 Å². The molecular weight excluding hydrogens is 248 g/mol. The van der Waals surface area contributed by atoms with Gasteiger partial charge >= 0.3 is 0 Å². The maximum atomic E-state index is 10.6. The first-order chi connectivity index (χ1) is 9.25. The Morgan fingerprint density at radius 3 is 2.47 bits per heavy atom. The highest BCUT2D eigenvalue weighted by atomic mass is 16.6. The molecule has 0 bridgehead atoms. The molecule has 1 aromatic heterocycles. The molecule has 0 atom stereocenters. The summed E-state index contributed by atoms with van der Waals surface area (Å²) >= 11 is 0. The van der Waals surface area contributed by atoms with Gasteiger partial charge in [0.2, 0.25) is 5.95 Å². The summed E-state index contributed by atoms with van der Waals surface area (Å²) in [6.07, 6.45) is 2.26. The second-order valence-corrected chi connectivity index (χ2v) is 4.36. The van der Waals surface area contributed by atoms with Gasteiger partial charge in [0.25, 0.3) is 5.69 Å².